The quantitative estimate of drug-likeness (QED) is 0.370. The predicted octanol–water partition coefficient (Wildman–Crippen LogP) is 5.97. The van der Waals surface area contributed by atoms with E-state index < -0.39 is 23.7 Å². The van der Waals surface area contributed by atoms with Crippen molar-refractivity contribution in [2.75, 3.05) is 20.1 Å². The van der Waals surface area contributed by atoms with Gasteiger partial charge in [0.05, 0.1) is 4.47 Å². The van der Waals surface area contributed by atoms with Crippen molar-refractivity contribution >= 4 is 44.0 Å². The number of aromatic nitrogens is 4. The van der Waals surface area contributed by atoms with Gasteiger partial charge in [-0.2, -0.15) is 0 Å². The largest absolute Gasteiger partial charge is 0.471 e. The van der Waals surface area contributed by atoms with Crippen molar-refractivity contribution in [1.82, 2.24) is 29.8 Å². The number of likely N-dealkylation sites (tertiary alicyclic amines) is 2. The van der Waals surface area contributed by atoms with Gasteiger partial charge in [0.2, 0.25) is 5.88 Å². The van der Waals surface area contributed by atoms with E-state index in [0.717, 1.165) is 37.8 Å². The standard InChI is InChI=1S/C27H36BrFN6O3/c1-15-14-17-22(21(29)20(15)28)30-25(37-16(2)18-10-9-12-33(18)6)23-24(17)35(32-31-23)19-11-7-8-13-34(19)26(36)38-27(3,4)5/h14,16,18-19H,7-13H2,1-6H3/t16-,18-,19?/m0/s1. The number of nitrogens with zero attached hydrogens (tertiary/aromatic N) is 6. The average Bonchev–Trinajstić information content (AvgIpc) is 3.49. The summed E-state index contributed by atoms with van der Waals surface area (Å²) in [6.45, 7) is 11.0. The minimum Gasteiger partial charge on any atom is -0.471 e. The summed E-state index contributed by atoms with van der Waals surface area (Å²) in [4.78, 5) is 21.8. The molecule has 2 fully saturated rings. The number of aryl methyl sites for hydroxylation is 1. The van der Waals surface area contributed by atoms with Crippen LogP contribution < -0.4 is 4.74 Å². The van der Waals surface area contributed by atoms with Crippen molar-refractivity contribution in [2.45, 2.75) is 90.6 Å². The summed E-state index contributed by atoms with van der Waals surface area (Å²) in [7, 11) is 2.09. The molecule has 0 radical (unpaired) electrons. The Morgan fingerprint density at radius 2 is 1.95 bits per heavy atom. The maximum Gasteiger partial charge on any atom is 0.412 e. The van der Waals surface area contributed by atoms with Gasteiger partial charge in [-0.1, -0.05) is 5.21 Å². The zero-order valence-electron chi connectivity index (χ0n) is 22.9. The first-order valence-electron chi connectivity index (χ1n) is 13.4. The van der Waals surface area contributed by atoms with Gasteiger partial charge in [-0.05, 0) is 108 Å². The van der Waals surface area contributed by atoms with Gasteiger partial charge in [-0.3, -0.25) is 9.80 Å². The van der Waals surface area contributed by atoms with Crippen LogP contribution in [-0.2, 0) is 4.74 Å². The SMILES string of the molecule is Cc1cc2c(nc(O[C@@H](C)[C@@H]3CCCN3C)c3nnn(C4CCCCN4C(=O)OC(C)(C)C)c32)c(F)c1Br. The Morgan fingerprint density at radius 3 is 2.63 bits per heavy atom. The van der Waals surface area contributed by atoms with Gasteiger partial charge >= 0.3 is 6.09 Å². The molecule has 3 aromatic rings. The number of hydrogen-bond donors (Lipinski definition) is 0. The number of ether oxygens (including phenoxy) is 2. The van der Waals surface area contributed by atoms with Crippen LogP contribution in [0, 0.1) is 12.7 Å². The minimum absolute atomic E-state index is 0.175. The molecule has 3 atom stereocenters. The molecule has 0 N–H and O–H groups in total. The zero-order valence-corrected chi connectivity index (χ0v) is 24.5. The molecule has 206 valence electrons. The van der Waals surface area contributed by atoms with Gasteiger partial charge in [0, 0.05) is 18.0 Å². The van der Waals surface area contributed by atoms with Crippen LogP contribution in [0.25, 0.3) is 21.9 Å². The number of amides is 1. The molecule has 2 aromatic heterocycles. The van der Waals surface area contributed by atoms with Crippen molar-refractivity contribution < 1.29 is 18.7 Å². The first-order valence-corrected chi connectivity index (χ1v) is 14.1. The molecule has 4 heterocycles. The highest BCUT2D eigenvalue weighted by Crippen LogP contribution is 2.38. The van der Waals surface area contributed by atoms with Crippen molar-refractivity contribution in [3.05, 3.63) is 21.9 Å². The molecule has 2 aliphatic heterocycles. The number of carbonyl (C=O) groups is 1. The van der Waals surface area contributed by atoms with Crippen LogP contribution in [0.2, 0.25) is 0 Å². The van der Waals surface area contributed by atoms with Crippen molar-refractivity contribution in [3.63, 3.8) is 0 Å². The molecule has 1 unspecified atom stereocenters. The predicted molar refractivity (Wildman–Crippen MR) is 147 cm³/mol. The summed E-state index contributed by atoms with van der Waals surface area (Å²) < 4.78 is 29.8. The molecule has 2 aliphatic rings. The maximum absolute atomic E-state index is 15.6. The monoisotopic (exact) mass is 590 g/mol. The number of piperidine rings is 1. The van der Waals surface area contributed by atoms with Crippen LogP contribution in [-0.4, -0.2) is 73.8 Å². The van der Waals surface area contributed by atoms with E-state index in [1.807, 2.05) is 40.7 Å². The fourth-order valence-corrected chi connectivity index (χ4v) is 5.95. The Morgan fingerprint density at radius 1 is 1.18 bits per heavy atom. The van der Waals surface area contributed by atoms with E-state index in [0.29, 0.717) is 33.9 Å². The minimum atomic E-state index is -0.628. The van der Waals surface area contributed by atoms with Crippen LogP contribution in [0.15, 0.2) is 10.5 Å². The average molecular weight is 592 g/mol. The second-order valence-corrected chi connectivity index (χ2v) is 12.3. The third-order valence-electron chi connectivity index (χ3n) is 7.53. The van der Waals surface area contributed by atoms with E-state index in [-0.39, 0.29) is 23.5 Å². The molecule has 9 nitrogen and oxygen atoms in total. The number of pyridine rings is 1. The van der Waals surface area contributed by atoms with E-state index in [4.69, 9.17) is 9.47 Å². The Balaban J connectivity index is 1.66. The Hall–Kier alpha value is -2.53. The summed E-state index contributed by atoms with van der Waals surface area (Å²) >= 11 is 3.37. The van der Waals surface area contributed by atoms with Crippen molar-refractivity contribution in [2.24, 2.45) is 0 Å². The van der Waals surface area contributed by atoms with Gasteiger partial charge in [0.15, 0.2) is 11.3 Å². The summed E-state index contributed by atoms with van der Waals surface area (Å²) in [5.74, 6) is -0.210. The molecule has 0 bridgehead atoms. The molecule has 11 heteroatoms. The van der Waals surface area contributed by atoms with Crippen molar-refractivity contribution in [1.29, 1.82) is 0 Å². The molecule has 38 heavy (non-hydrogen) atoms. The highest BCUT2D eigenvalue weighted by Gasteiger charge is 2.35. The normalized spacial score (nSPS) is 21.8. The van der Waals surface area contributed by atoms with Gasteiger partial charge in [-0.25, -0.2) is 18.9 Å². The zero-order chi connectivity index (χ0) is 27.4. The number of hydrogen-bond acceptors (Lipinski definition) is 7. The fourth-order valence-electron chi connectivity index (χ4n) is 5.65. The summed E-state index contributed by atoms with van der Waals surface area (Å²) in [5.41, 5.74) is 1.35. The van der Waals surface area contributed by atoms with Crippen LogP contribution in [0.4, 0.5) is 9.18 Å². The first kappa shape index (κ1) is 27.1. The third-order valence-corrected chi connectivity index (χ3v) is 8.50. The van der Waals surface area contributed by atoms with E-state index in [9.17, 15) is 4.79 Å². The van der Waals surface area contributed by atoms with Crippen LogP contribution in [0.5, 0.6) is 5.88 Å². The van der Waals surface area contributed by atoms with Crippen LogP contribution >= 0.6 is 15.9 Å². The number of fused-ring (bicyclic) bond motifs is 3. The lowest BCUT2D eigenvalue weighted by molar-refractivity contribution is -0.00288. The number of benzene rings is 1. The lowest BCUT2D eigenvalue weighted by Crippen LogP contribution is -2.44. The highest BCUT2D eigenvalue weighted by molar-refractivity contribution is 9.10. The van der Waals surface area contributed by atoms with E-state index in [2.05, 4.69) is 43.2 Å². The molecule has 5 rings (SSSR count). The topological polar surface area (TPSA) is 85.6 Å². The molecule has 1 aromatic carbocycles. The number of rotatable bonds is 4. The third kappa shape index (κ3) is 4.95. The number of halogens is 2. The van der Waals surface area contributed by atoms with E-state index in [1.54, 1.807) is 9.58 Å². The van der Waals surface area contributed by atoms with Crippen LogP contribution in [0.1, 0.15) is 71.5 Å². The Bertz CT molecular complexity index is 1370. The molecular formula is C27H36BrFN6O3. The Kier molecular flexibility index (Phi) is 7.28. The van der Waals surface area contributed by atoms with Gasteiger partial charge < -0.3 is 9.47 Å². The fraction of sp³-hybridized carbons (Fsp3) is 0.630. The number of carbonyl (C=O) groups excluding carboxylic acids is 1. The van der Waals surface area contributed by atoms with E-state index in [1.165, 1.54) is 0 Å². The van der Waals surface area contributed by atoms with Gasteiger partial charge in [0.25, 0.3) is 0 Å². The van der Waals surface area contributed by atoms with Crippen LogP contribution in [0.3, 0.4) is 0 Å². The molecule has 0 spiro atoms. The summed E-state index contributed by atoms with van der Waals surface area (Å²) in [5, 5.41) is 9.58. The Labute approximate surface area is 230 Å². The lowest BCUT2D eigenvalue weighted by atomic mass is 10.1. The van der Waals surface area contributed by atoms with E-state index >= 15 is 4.39 Å². The summed E-state index contributed by atoms with van der Waals surface area (Å²) in [6, 6.07) is 2.12. The molecule has 0 aliphatic carbocycles. The summed E-state index contributed by atoms with van der Waals surface area (Å²) in [6.07, 6.45) is 3.59. The maximum atomic E-state index is 15.6. The second-order valence-electron chi connectivity index (χ2n) is 11.5. The molecular weight excluding hydrogens is 555 g/mol. The number of likely N-dealkylation sites (N-methyl/N-ethyl adjacent to an activating group) is 1. The molecule has 2 saturated heterocycles. The lowest BCUT2D eigenvalue weighted by Gasteiger charge is -2.36. The smallest absolute Gasteiger partial charge is 0.412 e. The second kappa shape index (κ2) is 10.2. The van der Waals surface area contributed by atoms with Gasteiger partial charge in [0.1, 0.15) is 28.9 Å². The molecule has 1 amide bonds. The van der Waals surface area contributed by atoms with Gasteiger partial charge in [-0.15, -0.1) is 5.10 Å². The van der Waals surface area contributed by atoms with Crippen molar-refractivity contribution in [3.8, 4) is 5.88 Å². The molecule has 0 saturated carbocycles. The highest BCUT2D eigenvalue weighted by atomic mass is 79.9. The first-order chi connectivity index (χ1) is 18.0.